The molecule has 0 aromatic heterocycles. The lowest BCUT2D eigenvalue weighted by molar-refractivity contribution is -0.140. The molecule has 37 heavy (non-hydrogen) atoms. The quantitative estimate of drug-likeness (QED) is 0.223. The Morgan fingerprint density at radius 1 is 1.11 bits per heavy atom. The van der Waals surface area contributed by atoms with Gasteiger partial charge in [-0.3, -0.25) is 14.5 Å². The van der Waals surface area contributed by atoms with E-state index < -0.39 is 0 Å². The monoisotopic (exact) mass is 563 g/mol. The Morgan fingerprint density at radius 2 is 1.89 bits per heavy atom. The molecule has 194 valence electrons. The highest BCUT2D eigenvalue weighted by Crippen LogP contribution is 2.50. The molecule has 2 amide bonds. The summed E-state index contributed by atoms with van der Waals surface area (Å²) in [5.41, 5.74) is 5.55. The number of halogens is 1. The van der Waals surface area contributed by atoms with Gasteiger partial charge in [0.1, 0.15) is 5.75 Å². The number of aromatic hydroxyl groups is 1. The zero-order chi connectivity index (χ0) is 26.1. The highest BCUT2D eigenvalue weighted by Gasteiger charge is 2.56. The Balaban J connectivity index is 1.42. The average Bonchev–Trinajstić information content (AvgIpc) is 3.43. The van der Waals surface area contributed by atoms with E-state index in [1.165, 1.54) is 16.0 Å². The summed E-state index contributed by atoms with van der Waals surface area (Å²) >= 11 is 3.51. The molecule has 3 aliphatic rings. The highest BCUT2D eigenvalue weighted by atomic mass is 79.9. The number of allylic oxidation sites excluding steroid dienone is 2. The topological polar surface area (TPSA) is 66.8 Å². The summed E-state index contributed by atoms with van der Waals surface area (Å²) in [5.74, 6) is -0.275. The number of carbonyl (C=O) groups is 2. The molecule has 5 nitrogen and oxygen atoms in total. The standard InChI is InChI=1S/C31H34BrNO4/c1-3-14-33-30(35)24-17-19(4-2)28-25(29(24)31(33)36)18-37-27(28)13-10-21(20-8-6-5-7-9-20)15-22-16-23(32)11-12-26(22)34/h5-9,11-12,15-16,24-25,27,29,34H,3-4,10,13-14,17-18H2,1-2H3/b21-15-/t24-,25+,27-,29-/m1/s1. The van der Waals surface area contributed by atoms with Crippen molar-refractivity contribution in [3.8, 4) is 5.75 Å². The third-order valence-electron chi connectivity index (χ3n) is 8.11. The molecule has 0 bridgehead atoms. The molecule has 2 aromatic carbocycles. The first-order valence-electron chi connectivity index (χ1n) is 13.4. The summed E-state index contributed by atoms with van der Waals surface area (Å²) in [4.78, 5) is 27.9. The van der Waals surface area contributed by atoms with Crippen molar-refractivity contribution in [2.45, 2.75) is 52.1 Å². The SMILES string of the molecule is CCCN1C(=O)[C@@H]2[C@@H](CC(CC)=C3[C@@H](CC/C(=C/c4cc(Br)ccc4O)c4ccccc4)OC[C@@H]32)C1=O. The second-order valence-corrected chi connectivity index (χ2v) is 11.2. The third kappa shape index (κ3) is 4.94. The maximum Gasteiger partial charge on any atom is 0.233 e. The van der Waals surface area contributed by atoms with E-state index in [-0.39, 0.29) is 41.4 Å². The van der Waals surface area contributed by atoms with E-state index >= 15 is 0 Å². The van der Waals surface area contributed by atoms with Crippen LogP contribution in [0.15, 0.2) is 64.1 Å². The minimum atomic E-state index is -0.280. The molecule has 0 radical (unpaired) electrons. The zero-order valence-electron chi connectivity index (χ0n) is 21.5. The van der Waals surface area contributed by atoms with Gasteiger partial charge >= 0.3 is 0 Å². The number of hydrogen-bond donors (Lipinski definition) is 1. The first kappa shape index (κ1) is 25.9. The maximum absolute atomic E-state index is 13.3. The molecule has 2 saturated heterocycles. The smallest absolute Gasteiger partial charge is 0.233 e. The molecule has 4 atom stereocenters. The van der Waals surface area contributed by atoms with E-state index in [1.54, 1.807) is 6.07 Å². The van der Waals surface area contributed by atoms with Crippen molar-refractivity contribution in [1.82, 2.24) is 4.90 Å². The molecule has 2 aliphatic heterocycles. The Bertz CT molecular complexity index is 1250. The number of hydrogen-bond acceptors (Lipinski definition) is 4. The zero-order valence-corrected chi connectivity index (χ0v) is 23.0. The number of carbonyl (C=O) groups excluding carboxylic acids is 2. The van der Waals surface area contributed by atoms with E-state index in [0.29, 0.717) is 19.6 Å². The van der Waals surface area contributed by atoms with E-state index in [1.807, 2.05) is 37.3 Å². The first-order valence-corrected chi connectivity index (χ1v) is 14.1. The Morgan fingerprint density at radius 3 is 2.62 bits per heavy atom. The number of imide groups is 1. The molecule has 1 aliphatic carbocycles. The fourth-order valence-electron chi connectivity index (χ4n) is 6.39. The molecule has 0 spiro atoms. The van der Waals surface area contributed by atoms with Gasteiger partial charge in [0, 0.05) is 22.5 Å². The Kier molecular flexibility index (Phi) is 7.68. The summed E-state index contributed by atoms with van der Waals surface area (Å²) < 4.78 is 7.28. The number of phenolic OH excluding ortho intramolecular Hbond substituents is 1. The number of rotatable bonds is 8. The Hall–Kier alpha value is -2.70. The van der Waals surface area contributed by atoms with Crippen LogP contribution in [-0.2, 0) is 14.3 Å². The summed E-state index contributed by atoms with van der Waals surface area (Å²) in [6, 6.07) is 15.7. The van der Waals surface area contributed by atoms with Gasteiger partial charge in [-0.15, -0.1) is 0 Å². The largest absolute Gasteiger partial charge is 0.507 e. The van der Waals surface area contributed by atoms with Gasteiger partial charge in [-0.05, 0) is 73.1 Å². The predicted octanol–water partition coefficient (Wildman–Crippen LogP) is 6.61. The molecule has 1 N–H and O–H groups in total. The number of benzene rings is 2. The van der Waals surface area contributed by atoms with Gasteiger partial charge in [-0.1, -0.05) is 65.7 Å². The van der Waals surface area contributed by atoms with Crippen LogP contribution in [0.25, 0.3) is 11.6 Å². The summed E-state index contributed by atoms with van der Waals surface area (Å²) in [5, 5.41) is 10.5. The highest BCUT2D eigenvalue weighted by molar-refractivity contribution is 9.10. The molecule has 2 aromatic rings. The summed E-state index contributed by atoms with van der Waals surface area (Å²) in [6.45, 7) is 5.15. The molecule has 0 unspecified atom stereocenters. The molecule has 2 heterocycles. The maximum atomic E-state index is 13.3. The normalized spacial score (nSPS) is 25.6. The molecular weight excluding hydrogens is 530 g/mol. The van der Waals surface area contributed by atoms with Crippen LogP contribution in [0.1, 0.15) is 57.1 Å². The molecule has 5 rings (SSSR count). The van der Waals surface area contributed by atoms with Gasteiger partial charge < -0.3 is 9.84 Å². The van der Waals surface area contributed by atoms with Crippen LogP contribution in [0.4, 0.5) is 0 Å². The molecule has 2 fully saturated rings. The van der Waals surface area contributed by atoms with Crippen molar-refractivity contribution >= 4 is 39.4 Å². The van der Waals surface area contributed by atoms with Crippen molar-refractivity contribution in [1.29, 1.82) is 0 Å². The van der Waals surface area contributed by atoms with Crippen LogP contribution in [-0.4, -0.2) is 41.1 Å². The second kappa shape index (κ2) is 11.0. The van der Waals surface area contributed by atoms with E-state index in [0.717, 1.165) is 46.9 Å². The number of nitrogens with zero attached hydrogens (tertiary/aromatic N) is 1. The van der Waals surface area contributed by atoms with Crippen molar-refractivity contribution in [2.75, 3.05) is 13.2 Å². The predicted molar refractivity (Wildman–Crippen MR) is 149 cm³/mol. The van der Waals surface area contributed by atoms with Crippen molar-refractivity contribution in [2.24, 2.45) is 17.8 Å². The Labute approximate surface area is 227 Å². The lowest BCUT2D eigenvalue weighted by Gasteiger charge is -2.31. The van der Waals surface area contributed by atoms with Crippen LogP contribution in [0.2, 0.25) is 0 Å². The summed E-state index contributed by atoms with van der Waals surface area (Å²) in [6.07, 6.45) is 5.86. The number of fused-ring (bicyclic) bond motifs is 3. The average molecular weight is 565 g/mol. The first-order chi connectivity index (χ1) is 17.9. The van der Waals surface area contributed by atoms with Gasteiger partial charge in [-0.25, -0.2) is 0 Å². The minimum Gasteiger partial charge on any atom is -0.507 e. The van der Waals surface area contributed by atoms with Crippen LogP contribution in [0.3, 0.4) is 0 Å². The van der Waals surface area contributed by atoms with Gasteiger partial charge in [0.2, 0.25) is 11.8 Å². The molecule has 6 heteroatoms. The van der Waals surface area contributed by atoms with E-state index in [2.05, 4.69) is 41.1 Å². The summed E-state index contributed by atoms with van der Waals surface area (Å²) in [7, 11) is 0. The van der Waals surface area contributed by atoms with Crippen molar-refractivity contribution < 1.29 is 19.4 Å². The van der Waals surface area contributed by atoms with Crippen molar-refractivity contribution in [3.63, 3.8) is 0 Å². The number of ether oxygens (including phenoxy) is 1. The number of likely N-dealkylation sites (tertiary alicyclic amines) is 1. The van der Waals surface area contributed by atoms with Gasteiger partial charge in [0.15, 0.2) is 0 Å². The minimum absolute atomic E-state index is 0.00437. The van der Waals surface area contributed by atoms with E-state index in [4.69, 9.17) is 4.74 Å². The number of phenols is 1. The van der Waals surface area contributed by atoms with Crippen LogP contribution < -0.4 is 0 Å². The van der Waals surface area contributed by atoms with E-state index in [9.17, 15) is 14.7 Å². The van der Waals surface area contributed by atoms with Crippen LogP contribution in [0, 0.1) is 17.8 Å². The molecule has 0 saturated carbocycles. The fourth-order valence-corrected chi connectivity index (χ4v) is 6.77. The van der Waals surface area contributed by atoms with Gasteiger partial charge in [0.25, 0.3) is 0 Å². The van der Waals surface area contributed by atoms with Crippen molar-refractivity contribution in [3.05, 3.63) is 75.3 Å². The third-order valence-corrected chi connectivity index (χ3v) is 8.61. The van der Waals surface area contributed by atoms with Gasteiger partial charge in [-0.2, -0.15) is 0 Å². The fraction of sp³-hybridized carbons (Fsp3) is 0.419. The van der Waals surface area contributed by atoms with Crippen LogP contribution >= 0.6 is 15.9 Å². The number of amides is 2. The lowest BCUT2D eigenvalue weighted by atomic mass is 9.69. The lowest BCUT2D eigenvalue weighted by Crippen LogP contribution is -2.34. The second-order valence-electron chi connectivity index (χ2n) is 10.3. The van der Waals surface area contributed by atoms with Crippen LogP contribution in [0.5, 0.6) is 5.75 Å². The van der Waals surface area contributed by atoms with Gasteiger partial charge in [0.05, 0.1) is 24.5 Å². The molecular formula is C31H34BrNO4.